The molecule has 1 unspecified atom stereocenters. The molecule has 3 rings (SSSR count). The highest BCUT2D eigenvalue weighted by atomic mass is 16.2. The van der Waals surface area contributed by atoms with Crippen LogP contribution in [-0.4, -0.2) is 26.6 Å². The van der Waals surface area contributed by atoms with Crippen molar-refractivity contribution in [1.82, 2.24) is 14.8 Å². The number of benzene rings is 1. The van der Waals surface area contributed by atoms with E-state index in [9.17, 15) is 9.59 Å². The summed E-state index contributed by atoms with van der Waals surface area (Å²) in [6.07, 6.45) is 0. The Morgan fingerprint density at radius 2 is 1.94 bits per heavy atom. The second-order valence-electron chi connectivity index (χ2n) is 3.88. The summed E-state index contributed by atoms with van der Waals surface area (Å²) in [5, 5.41) is 6.27. The van der Waals surface area contributed by atoms with E-state index in [0.717, 1.165) is 4.68 Å². The molecule has 1 aromatic heterocycles. The van der Waals surface area contributed by atoms with Crippen molar-refractivity contribution in [3.63, 3.8) is 0 Å². The number of nitrogens with one attached hydrogen (secondary N) is 1. The van der Waals surface area contributed by atoms with Crippen LogP contribution in [0.25, 0.3) is 0 Å². The monoisotopic (exact) mass is 243 g/mol. The molecule has 18 heavy (non-hydrogen) atoms. The van der Waals surface area contributed by atoms with Gasteiger partial charge in [0.05, 0.1) is 0 Å². The van der Waals surface area contributed by atoms with E-state index in [1.54, 1.807) is 24.3 Å². The van der Waals surface area contributed by atoms with Gasteiger partial charge in [0.2, 0.25) is 17.8 Å². The molecule has 0 radical (unpaired) electrons. The van der Waals surface area contributed by atoms with E-state index in [1.807, 2.05) is 6.07 Å². The summed E-state index contributed by atoms with van der Waals surface area (Å²) in [7, 11) is 0. The first-order valence-corrected chi connectivity index (χ1v) is 5.29. The minimum atomic E-state index is -0.917. The molecule has 0 spiro atoms. The molecule has 2 aromatic rings. The van der Waals surface area contributed by atoms with Crippen molar-refractivity contribution in [3.05, 3.63) is 35.9 Å². The highest BCUT2D eigenvalue weighted by Gasteiger charge is 2.37. The first kappa shape index (κ1) is 10.5. The van der Waals surface area contributed by atoms with Gasteiger partial charge in [0.25, 0.3) is 5.91 Å². The number of hydrogen-bond donors (Lipinski definition) is 2. The summed E-state index contributed by atoms with van der Waals surface area (Å²) in [5.74, 6) is -1.78. The second-order valence-corrected chi connectivity index (χ2v) is 3.88. The molecule has 2 heterocycles. The van der Waals surface area contributed by atoms with Gasteiger partial charge in [-0.3, -0.25) is 14.9 Å². The van der Waals surface area contributed by atoms with Crippen molar-refractivity contribution in [2.24, 2.45) is 0 Å². The zero-order valence-corrected chi connectivity index (χ0v) is 9.20. The Labute approximate surface area is 102 Å². The molecule has 0 aliphatic carbocycles. The Morgan fingerprint density at radius 3 is 2.67 bits per heavy atom. The summed E-state index contributed by atoms with van der Waals surface area (Å²) in [6, 6.07) is 8.77. The Hall–Kier alpha value is -2.70. The normalized spacial score (nSPS) is 18.3. The van der Waals surface area contributed by atoms with E-state index in [4.69, 9.17) is 5.73 Å². The van der Waals surface area contributed by atoms with Gasteiger partial charge in [-0.2, -0.15) is 9.67 Å². The van der Waals surface area contributed by atoms with Crippen LogP contribution in [-0.2, 0) is 4.79 Å². The fourth-order valence-electron chi connectivity index (χ4n) is 1.92. The van der Waals surface area contributed by atoms with E-state index < -0.39 is 17.7 Å². The van der Waals surface area contributed by atoms with Crippen molar-refractivity contribution in [1.29, 1.82) is 0 Å². The fraction of sp³-hybridized carbons (Fsp3) is 0.0909. The quantitative estimate of drug-likeness (QED) is 0.698. The third-order valence-electron chi connectivity index (χ3n) is 2.71. The molecule has 0 fully saturated rings. The molecular formula is C11H9N5O2. The third-order valence-corrected chi connectivity index (χ3v) is 2.71. The molecule has 1 amide bonds. The highest BCUT2D eigenvalue weighted by molar-refractivity contribution is 6.15. The topological polar surface area (TPSA) is 103 Å². The van der Waals surface area contributed by atoms with E-state index in [-0.39, 0.29) is 11.9 Å². The maximum atomic E-state index is 12.2. The van der Waals surface area contributed by atoms with Crippen LogP contribution < -0.4 is 11.1 Å². The number of nitrogen functional groups attached to an aromatic ring is 1. The number of amides is 1. The molecular weight excluding hydrogens is 234 g/mol. The molecule has 0 saturated heterocycles. The van der Waals surface area contributed by atoms with Gasteiger partial charge < -0.3 is 5.73 Å². The molecule has 0 bridgehead atoms. The lowest BCUT2D eigenvalue weighted by Gasteiger charge is -2.20. The SMILES string of the molecule is Nc1nc2n(n1)C(=O)C(c1ccccc1)C(=O)N2. The number of rotatable bonds is 1. The average molecular weight is 243 g/mol. The maximum absolute atomic E-state index is 12.2. The smallest absolute Gasteiger partial charge is 0.267 e. The van der Waals surface area contributed by atoms with Crippen LogP contribution in [0.15, 0.2) is 30.3 Å². The molecule has 7 nitrogen and oxygen atoms in total. The molecule has 1 aromatic carbocycles. The van der Waals surface area contributed by atoms with Gasteiger partial charge in [0, 0.05) is 0 Å². The van der Waals surface area contributed by atoms with Gasteiger partial charge in [-0.15, -0.1) is 5.10 Å². The van der Waals surface area contributed by atoms with Crippen molar-refractivity contribution in [3.8, 4) is 0 Å². The third kappa shape index (κ3) is 1.45. The van der Waals surface area contributed by atoms with E-state index in [2.05, 4.69) is 15.4 Å². The zero-order chi connectivity index (χ0) is 12.7. The predicted molar refractivity (Wildman–Crippen MR) is 62.9 cm³/mol. The molecule has 7 heteroatoms. The Morgan fingerprint density at radius 1 is 1.22 bits per heavy atom. The van der Waals surface area contributed by atoms with Gasteiger partial charge in [0.1, 0.15) is 5.92 Å². The summed E-state index contributed by atoms with van der Waals surface area (Å²) < 4.78 is 1.02. The molecule has 1 aliphatic heterocycles. The number of carbonyl (C=O) groups excluding carboxylic acids is 2. The number of hydrogen-bond acceptors (Lipinski definition) is 5. The van der Waals surface area contributed by atoms with Crippen LogP contribution in [0.3, 0.4) is 0 Å². The fourth-order valence-corrected chi connectivity index (χ4v) is 1.92. The van der Waals surface area contributed by atoms with E-state index in [1.165, 1.54) is 0 Å². The first-order valence-electron chi connectivity index (χ1n) is 5.29. The molecule has 0 saturated carbocycles. The Kier molecular flexibility index (Phi) is 2.12. The molecule has 3 N–H and O–H groups in total. The van der Waals surface area contributed by atoms with Crippen LogP contribution in [0.2, 0.25) is 0 Å². The van der Waals surface area contributed by atoms with Gasteiger partial charge in [-0.05, 0) is 5.56 Å². The second kappa shape index (κ2) is 3.66. The van der Waals surface area contributed by atoms with Crippen LogP contribution in [0.5, 0.6) is 0 Å². The van der Waals surface area contributed by atoms with Gasteiger partial charge in [-0.25, -0.2) is 0 Å². The van der Waals surface area contributed by atoms with Crippen molar-refractivity contribution >= 4 is 23.7 Å². The number of nitrogens with zero attached hydrogens (tertiary/aromatic N) is 3. The standard InChI is InChI=1S/C11H9N5O2/c12-10-14-11-13-8(17)7(9(18)16(11)15-10)6-4-2-1-3-5-6/h1-5,7H,(H3,12,13,14,15,17). The van der Waals surface area contributed by atoms with E-state index in [0.29, 0.717) is 5.56 Å². The Balaban J connectivity index is 2.09. The van der Waals surface area contributed by atoms with Crippen molar-refractivity contribution in [2.45, 2.75) is 5.92 Å². The van der Waals surface area contributed by atoms with E-state index >= 15 is 0 Å². The minimum absolute atomic E-state index is 0.0487. The molecule has 1 atom stereocenters. The van der Waals surface area contributed by atoms with Crippen molar-refractivity contribution < 1.29 is 9.59 Å². The number of fused-ring (bicyclic) bond motifs is 1. The van der Waals surface area contributed by atoms with Gasteiger partial charge in [0.15, 0.2) is 0 Å². The zero-order valence-electron chi connectivity index (χ0n) is 9.20. The highest BCUT2D eigenvalue weighted by Crippen LogP contribution is 2.25. The predicted octanol–water partition coefficient (Wildman–Crippen LogP) is 0.236. The number of anilines is 2. The van der Waals surface area contributed by atoms with Gasteiger partial charge >= 0.3 is 0 Å². The lowest BCUT2D eigenvalue weighted by molar-refractivity contribution is -0.117. The number of carbonyl (C=O) groups is 2. The van der Waals surface area contributed by atoms with Crippen LogP contribution >= 0.6 is 0 Å². The van der Waals surface area contributed by atoms with Crippen LogP contribution in [0.1, 0.15) is 16.3 Å². The molecule has 90 valence electrons. The minimum Gasteiger partial charge on any atom is -0.366 e. The summed E-state index contributed by atoms with van der Waals surface area (Å²) >= 11 is 0. The first-order chi connectivity index (χ1) is 8.66. The lowest BCUT2D eigenvalue weighted by Crippen LogP contribution is -2.38. The summed E-state index contributed by atoms with van der Waals surface area (Å²) in [5.41, 5.74) is 6.01. The van der Waals surface area contributed by atoms with Crippen LogP contribution in [0, 0.1) is 0 Å². The summed E-state index contributed by atoms with van der Waals surface area (Å²) in [6.45, 7) is 0. The average Bonchev–Trinajstić information content (AvgIpc) is 2.71. The Bertz CT molecular complexity index is 634. The number of nitrogens with two attached hydrogens (primary N) is 1. The summed E-state index contributed by atoms with van der Waals surface area (Å²) in [4.78, 5) is 27.9. The maximum Gasteiger partial charge on any atom is 0.267 e. The van der Waals surface area contributed by atoms with Crippen LogP contribution in [0.4, 0.5) is 11.9 Å². The van der Waals surface area contributed by atoms with Gasteiger partial charge in [-0.1, -0.05) is 30.3 Å². The lowest BCUT2D eigenvalue weighted by atomic mass is 9.96. The number of aromatic nitrogens is 3. The molecule has 1 aliphatic rings. The largest absolute Gasteiger partial charge is 0.366 e. The van der Waals surface area contributed by atoms with Crippen molar-refractivity contribution in [2.75, 3.05) is 11.1 Å².